The Kier molecular flexibility index (Phi) is 7.56. The Balaban J connectivity index is 1.95. The van der Waals surface area contributed by atoms with Crippen LogP contribution in [0.15, 0.2) is 88.7 Å². The molecule has 0 radical (unpaired) electrons. The molecule has 0 spiro atoms. The third-order valence-corrected chi connectivity index (χ3v) is 6.76. The minimum absolute atomic E-state index is 0.0382. The molecule has 0 fully saturated rings. The summed E-state index contributed by atoms with van der Waals surface area (Å²) in [5.41, 5.74) is 0.694. The number of nitrogens with one attached hydrogen (secondary N) is 1. The standard InChI is InChI=1S/C26H29NO5S/c1-26(2,3)32-25(29)23(27-18-19-10-6-4-7-11-19)16-20-14-15-21(28)17-24(20)33(30,31)22-12-8-5-9-13-22/h4-15,17,23,27-28H,16,18H2,1-3H3/t23-/m0/s1. The fraction of sp³-hybridized carbons (Fsp3) is 0.269. The molecule has 174 valence electrons. The Morgan fingerprint density at radius 1 is 0.970 bits per heavy atom. The summed E-state index contributed by atoms with van der Waals surface area (Å²) < 4.78 is 32.2. The summed E-state index contributed by atoms with van der Waals surface area (Å²) in [6.45, 7) is 5.75. The van der Waals surface area contributed by atoms with E-state index >= 15 is 0 Å². The molecule has 0 unspecified atom stereocenters. The number of hydrogen-bond acceptors (Lipinski definition) is 6. The number of ether oxygens (including phenoxy) is 1. The van der Waals surface area contributed by atoms with Gasteiger partial charge < -0.3 is 15.2 Å². The zero-order chi connectivity index (χ0) is 24.1. The lowest BCUT2D eigenvalue weighted by Crippen LogP contribution is -2.42. The summed E-state index contributed by atoms with van der Waals surface area (Å²) in [4.78, 5) is 13.1. The number of carbonyl (C=O) groups excluding carboxylic acids is 1. The van der Waals surface area contributed by atoms with Crippen LogP contribution in [0.1, 0.15) is 31.9 Å². The molecule has 0 heterocycles. The van der Waals surface area contributed by atoms with Gasteiger partial charge in [-0.1, -0.05) is 54.6 Å². The van der Waals surface area contributed by atoms with E-state index in [1.807, 2.05) is 30.3 Å². The molecular weight excluding hydrogens is 438 g/mol. The Morgan fingerprint density at radius 2 is 1.58 bits per heavy atom. The Morgan fingerprint density at radius 3 is 2.18 bits per heavy atom. The van der Waals surface area contributed by atoms with Gasteiger partial charge in [-0.25, -0.2) is 8.42 Å². The van der Waals surface area contributed by atoms with Gasteiger partial charge in [0.2, 0.25) is 9.84 Å². The molecule has 0 aliphatic rings. The molecule has 0 aliphatic heterocycles. The molecule has 0 saturated heterocycles. The van der Waals surface area contributed by atoms with Crippen molar-refractivity contribution in [2.24, 2.45) is 0 Å². The van der Waals surface area contributed by atoms with Crippen molar-refractivity contribution in [1.29, 1.82) is 0 Å². The minimum Gasteiger partial charge on any atom is -0.508 e. The zero-order valence-corrected chi connectivity index (χ0v) is 19.8. The predicted octanol–water partition coefficient (Wildman–Crippen LogP) is 4.27. The molecule has 3 aromatic rings. The molecule has 3 aromatic carbocycles. The van der Waals surface area contributed by atoms with Crippen LogP contribution in [0.3, 0.4) is 0 Å². The minimum atomic E-state index is -3.91. The number of carbonyl (C=O) groups is 1. The molecule has 0 aromatic heterocycles. The molecule has 0 amide bonds. The highest BCUT2D eigenvalue weighted by Crippen LogP contribution is 2.28. The van der Waals surface area contributed by atoms with Gasteiger partial charge >= 0.3 is 5.97 Å². The second kappa shape index (κ2) is 10.2. The van der Waals surface area contributed by atoms with Gasteiger partial charge in [-0.05, 0) is 62.6 Å². The average molecular weight is 468 g/mol. The Hall–Kier alpha value is -3.16. The summed E-state index contributed by atoms with van der Waals surface area (Å²) in [5, 5.41) is 13.2. The third kappa shape index (κ3) is 6.66. The number of phenolic OH excluding ortho intramolecular Hbond substituents is 1. The molecule has 0 saturated carbocycles. The SMILES string of the molecule is CC(C)(C)OC(=O)[C@H](Cc1ccc(O)cc1S(=O)(=O)c1ccccc1)NCc1ccccc1. The van der Waals surface area contributed by atoms with Crippen molar-refractivity contribution in [2.45, 2.75) is 55.2 Å². The van der Waals surface area contributed by atoms with Crippen LogP contribution in [0.4, 0.5) is 0 Å². The number of esters is 1. The van der Waals surface area contributed by atoms with Crippen LogP contribution in [0, 0.1) is 0 Å². The first-order valence-electron chi connectivity index (χ1n) is 10.7. The van der Waals surface area contributed by atoms with Gasteiger partial charge in [0.15, 0.2) is 0 Å². The highest BCUT2D eigenvalue weighted by molar-refractivity contribution is 7.91. The number of hydrogen-bond donors (Lipinski definition) is 2. The smallest absolute Gasteiger partial charge is 0.324 e. The summed E-state index contributed by atoms with van der Waals surface area (Å²) in [7, 11) is -3.91. The van der Waals surface area contributed by atoms with E-state index in [1.165, 1.54) is 30.3 Å². The van der Waals surface area contributed by atoms with Crippen molar-refractivity contribution in [3.8, 4) is 5.75 Å². The van der Waals surface area contributed by atoms with Crippen LogP contribution in [0.25, 0.3) is 0 Å². The molecule has 2 N–H and O–H groups in total. The fourth-order valence-electron chi connectivity index (χ4n) is 3.36. The lowest BCUT2D eigenvalue weighted by Gasteiger charge is -2.25. The van der Waals surface area contributed by atoms with Crippen molar-refractivity contribution in [3.63, 3.8) is 0 Å². The Bertz CT molecular complexity index is 1190. The van der Waals surface area contributed by atoms with Crippen molar-refractivity contribution in [2.75, 3.05) is 0 Å². The van der Waals surface area contributed by atoms with E-state index in [2.05, 4.69) is 5.32 Å². The van der Waals surface area contributed by atoms with Crippen LogP contribution in [-0.2, 0) is 32.3 Å². The van der Waals surface area contributed by atoms with Gasteiger partial charge in [0, 0.05) is 6.54 Å². The monoisotopic (exact) mass is 467 g/mol. The van der Waals surface area contributed by atoms with Gasteiger partial charge in [-0.15, -0.1) is 0 Å². The summed E-state index contributed by atoms with van der Waals surface area (Å²) >= 11 is 0. The second-order valence-electron chi connectivity index (χ2n) is 8.77. The first-order chi connectivity index (χ1) is 15.6. The topological polar surface area (TPSA) is 92.7 Å². The fourth-order valence-corrected chi connectivity index (χ4v) is 4.90. The largest absolute Gasteiger partial charge is 0.508 e. The quantitative estimate of drug-likeness (QED) is 0.481. The number of rotatable bonds is 8. The molecule has 1 atom stereocenters. The lowest BCUT2D eigenvalue weighted by atomic mass is 10.0. The molecule has 0 aliphatic carbocycles. The normalized spacial score (nSPS) is 12.8. The zero-order valence-electron chi connectivity index (χ0n) is 19.0. The van der Waals surface area contributed by atoms with E-state index in [0.29, 0.717) is 12.1 Å². The maximum Gasteiger partial charge on any atom is 0.324 e. The van der Waals surface area contributed by atoms with Gasteiger partial charge in [0.05, 0.1) is 9.79 Å². The first kappa shape index (κ1) is 24.5. The van der Waals surface area contributed by atoms with Gasteiger partial charge in [-0.3, -0.25) is 4.79 Å². The summed E-state index contributed by atoms with van der Waals surface area (Å²) in [6.07, 6.45) is 0.0728. The predicted molar refractivity (Wildman–Crippen MR) is 127 cm³/mol. The average Bonchev–Trinajstić information content (AvgIpc) is 2.77. The van der Waals surface area contributed by atoms with Gasteiger partial charge in [0.25, 0.3) is 0 Å². The van der Waals surface area contributed by atoms with Crippen LogP contribution in [-0.4, -0.2) is 31.1 Å². The number of sulfone groups is 1. The molecule has 0 bridgehead atoms. The third-order valence-electron chi connectivity index (χ3n) is 4.90. The Labute approximate surface area is 195 Å². The van der Waals surface area contributed by atoms with Crippen molar-refractivity contribution in [1.82, 2.24) is 5.32 Å². The number of aromatic hydroxyl groups is 1. The van der Waals surface area contributed by atoms with Crippen molar-refractivity contribution >= 4 is 15.8 Å². The molecular formula is C26H29NO5S. The van der Waals surface area contributed by atoms with Crippen LogP contribution >= 0.6 is 0 Å². The maximum absolute atomic E-state index is 13.3. The molecule has 7 heteroatoms. The van der Waals surface area contributed by atoms with E-state index in [4.69, 9.17) is 4.74 Å². The van der Waals surface area contributed by atoms with E-state index in [0.717, 1.165) is 5.56 Å². The number of benzene rings is 3. The molecule has 6 nitrogen and oxygen atoms in total. The van der Waals surface area contributed by atoms with Gasteiger partial charge in [-0.2, -0.15) is 0 Å². The first-order valence-corrected chi connectivity index (χ1v) is 12.2. The van der Waals surface area contributed by atoms with E-state index in [-0.39, 0.29) is 22.0 Å². The van der Waals surface area contributed by atoms with Crippen molar-refractivity contribution in [3.05, 3.63) is 90.0 Å². The van der Waals surface area contributed by atoms with E-state index in [9.17, 15) is 18.3 Å². The van der Waals surface area contributed by atoms with Crippen LogP contribution in [0.2, 0.25) is 0 Å². The molecule has 3 rings (SSSR count). The summed E-state index contributed by atoms with van der Waals surface area (Å²) in [6, 6.07) is 21.0. The van der Waals surface area contributed by atoms with E-state index < -0.39 is 27.4 Å². The van der Waals surface area contributed by atoms with Crippen molar-refractivity contribution < 1.29 is 23.1 Å². The lowest BCUT2D eigenvalue weighted by molar-refractivity contribution is -0.157. The highest BCUT2D eigenvalue weighted by atomic mass is 32.2. The molecule has 33 heavy (non-hydrogen) atoms. The van der Waals surface area contributed by atoms with Crippen LogP contribution < -0.4 is 5.32 Å². The van der Waals surface area contributed by atoms with E-state index in [1.54, 1.807) is 39.0 Å². The highest BCUT2D eigenvalue weighted by Gasteiger charge is 2.29. The van der Waals surface area contributed by atoms with Gasteiger partial charge in [0.1, 0.15) is 17.4 Å². The maximum atomic E-state index is 13.3. The van der Waals surface area contributed by atoms with Crippen LogP contribution in [0.5, 0.6) is 5.75 Å². The second-order valence-corrected chi connectivity index (χ2v) is 10.7. The number of phenols is 1. The summed E-state index contributed by atoms with van der Waals surface area (Å²) in [5.74, 6) is -0.645.